The summed E-state index contributed by atoms with van der Waals surface area (Å²) in [5, 5.41) is 95.5. The fourth-order valence-electron chi connectivity index (χ4n) is 11.5. The summed E-state index contributed by atoms with van der Waals surface area (Å²) in [6, 6.07) is -2.00. The number of aliphatic hydroxyl groups excluding tert-OH is 5. The highest BCUT2D eigenvalue weighted by atomic mass is 16.5. The molecular formula is C69H137N13O20. The number of hydrogen-bond donors (Lipinski definition) is 11. The van der Waals surface area contributed by atoms with Gasteiger partial charge in [-0.05, 0) is 183 Å². The van der Waals surface area contributed by atoms with Crippen molar-refractivity contribution in [3.63, 3.8) is 0 Å². The lowest BCUT2D eigenvalue weighted by atomic mass is 10.1. The van der Waals surface area contributed by atoms with Crippen LogP contribution in [-0.4, -0.2) is 472 Å². The van der Waals surface area contributed by atoms with E-state index in [0.717, 1.165) is 163 Å². The summed E-state index contributed by atoms with van der Waals surface area (Å²) in [5.74, 6) is -4.29. The van der Waals surface area contributed by atoms with E-state index in [1.807, 2.05) is 89.1 Å². The van der Waals surface area contributed by atoms with Crippen molar-refractivity contribution >= 4 is 41.6 Å². The van der Waals surface area contributed by atoms with Gasteiger partial charge in [0, 0.05) is 132 Å². The van der Waals surface area contributed by atoms with Gasteiger partial charge in [-0.15, -0.1) is 0 Å². The standard InChI is InChI=1S/2C6H11NO3.2C6H11NO2.C6H9NO2.C6H11NO.C5H9NO2.3C5H11NO.C5H13NO.C4H9NO.C4H9N/c1-7-3-4(8)2-5(7)6(9)10;1-7-3-2-4(8)5(7)6(9)10;1-7-3-2-5(4-7)6(8)9;2*1-7-4-2-3-5(7)6(8)9;1-7-4-2-6(8)3-5-7;1-6-3-2-4(6)5(7)8;1-6-3-5(4-6)7-2;1-6-3-2-5(7)4-6;1-6-4-2-3-5(6)7;1-6(2)4-5-7-3;1-5-2-4(6)3-5;1-5-3-2-4-5/h2*4-5,8H,2-3H2,1H3,(H,9,10);2*5H,2-4H2,1H3,(H,8,9);2-3,5H,4H2,1H3,(H,8,9);2-5H2,1H3;4H,2-3H2,1H3,(H,7,8);5H,3-4H2,1-2H3;2*5,7H,2-4H2,1H3;4-5H2,1-3H3;4,6H,2-3H2,1H3;2-4H2,1H3. The Bertz CT molecular complexity index is 2300. The molecule has 33 heteroatoms. The number of aliphatic hydroxyl groups is 5. The van der Waals surface area contributed by atoms with E-state index < -0.39 is 66.1 Å². The fourth-order valence-corrected chi connectivity index (χ4v) is 11.5. The number of ketones is 1. The molecule has 11 saturated heterocycles. The topological polar surface area (TPSA) is 403 Å². The Morgan fingerprint density at radius 3 is 1.10 bits per heavy atom. The number of ether oxygens (including phenoxy) is 2. The molecule has 0 bridgehead atoms. The van der Waals surface area contributed by atoms with Gasteiger partial charge in [0.1, 0.15) is 42.2 Å². The maximum absolute atomic E-state index is 10.6. The summed E-state index contributed by atoms with van der Waals surface area (Å²) in [7, 11) is 30.6. The van der Waals surface area contributed by atoms with Crippen LogP contribution >= 0.6 is 0 Å². The molecule has 12 heterocycles. The van der Waals surface area contributed by atoms with E-state index in [4.69, 9.17) is 65.6 Å². The first-order chi connectivity index (χ1) is 47.7. The molecule has 12 rings (SSSR count). The number of rotatable bonds is 10. The molecule has 0 aliphatic carbocycles. The fraction of sp³-hybridized carbons (Fsp3) is 0.870. The SMILES string of the molecule is CN1CC(O)C1.CN1CC(O)CC1C(=O)O.CN1CC=CC1C(=O)O.CN1CCC(=O)CC1.CN1CCC(C(=O)O)C1.CN1CCC(O)C1.CN1CCC(O)C1C(=O)O.CN1CCC1.CN1CCC1C(=O)O.CN1CCCC1C(=O)O.CN1CCCC1O.COC1CN(C)C1.COCCN(C)C. The highest BCUT2D eigenvalue weighted by molar-refractivity contribution is 5.79. The monoisotopic (exact) mass is 1470 g/mol. The van der Waals surface area contributed by atoms with Crippen molar-refractivity contribution in [1.29, 1.82) is 0 Å². The Morgan fingerprint density at radius 1 is 0.441 bits per heavy atom. The smallest absolute Gasteiger partial charge is 0.324 e. The van der Waals surface area contributed by atoms with Crippen LogP contribution in [0, 0.1) is 5.92 Å². The first-order valence-corrected chi connectivity index (χ1v) is 35.7. The molecule has 0 spiro atoms. The quantitative estimate of drug-likeness (QED) is 0.105. The average molecular weight is 1470 g/mol. The van der Waals surface area contributed by atoms with Crippen molar-refractivity contribution < 1.29 is 99.2 Å². The van der Waals surface area contributed by atoms with Crippen molar-refractivity contribution in [3.8, 4) is 0 Å². The minimum Gasteiger partial charge on any atom is -0.481 e. The summed E-state index contributed by atoms with van der Waals surface area (Å²) in [6.07, 6.45) is 13.0. The van der Waals surface area contributed by atoms with Gasteiger partial charge in [0.05, 0.1) is 43.0 Å². The highest BCUT2D eigenvalue weighted by Crippen LogP contribution is 2.18. The summed E-state index contributed by atoms with van der Waals surface area (Å²) in [4.78, 5) is 98.3. The van der Waals surface area contributed by atoms with Crippen molar-refractivity contribution in [1.82, 2.24) is 63.7 Å². The number of carbonyl (C=O) groups is 7. The summed E-state index contributed by atoms with van der Waals surface area (Å²) >= 11 is 0. The molecule has 0 saturated carbocycles. The number of Topliss-reactive ketones (excluding diaryl/α,β-unsaturated/α-hetero) is 1. The lowest BCUT2D eigenvalue weighted by Gasteiger charge is -2.34. The maximum atomic E-state index is 10.6. The van der Waals surface area contributed by atoms with Crippen molar-refractivity contribution in [2.45, 2.75) is 144 Å². The van der Waals surface area contributed by atoms with E-state index >= 15 is 0 Å². The highest BCUT2D eigenvalue weighted by Gasteiger charge is 2.36. The molecule has 12 aliphatic heterocycles. The van der Waals surface area contributed by atoms with E-state index in [2.05, 4.69) is 43.5 Å². The van der Waals surface area contributed by atoms with E-state index in [1.54, 1.807) is 56.1 Å². The van der Waals surface area contributed by atoms with Gasteiger partial charge in [0.2, 0.25) is 0 Å². The molecule has 102 heavy (non-hydrogen) atoms. The second-order valence-electron chi connectivity index (χ2n) is 28.7. The Hall–Kier alpha value is -4.57. The number of hydrogen-bond acceptors (Lipinski definition) is 27. The number of likely N-dealkylation sites (N-methyl/N-ethyl adjacent to an activating group) is 9. The largest absolute Gasteiger partial charge is 0.481 e. The predicted octanol–water partition coefficient (Wildman–Crippen LogP) is -2.07. The summed E-state index contributed by atoms with van der Waals surface area (Å²) < 4.78 is 9.83. The molecule has 10 atom stereocenters. The zero-order valence-corrected chi connectivity index (χ0v) is 64.6. The van der Waals surface area contributed by atoms with Crippen LogP contribution in [0.15, 0.2) is 12.2 Å². The van der Waals surface area contributed by atoms with Gasteiger partial charge in [0.15, 0.2) is 0 Å². The molecule has 11 fully saturated rings. The van der Waals surface area contributed by atoms with E-state index in [9.17, 15) is 33.6 Å². The third-order valence-electron chi connectivity index (χ3n) is 18.9. The van der Waals surface area contributed by atoms with E-state index in [-0.39, 0.29) is 36.4 Å². The number of nitrogens with zero attached hydrogens (tertiary/aromatic N) is 13. The zero-order valence-electron chi connectivity index (χ0n) is 64.6. The first-order valence-electron chi connectivity index (χ1n) is 35.7. The van der Waals surface area contributed by atoms with Crippen molar-refractivity contribution in [3.05, 3.63) is 12.2 Å². The molecule has 12 aliphatic rings. The number of methoxy groups -OCH3 is 2. The van der Waals surface area contributed by atoms with Crippen LogP contribution in [0.5, 0.6) is 0 Å². The predicted molar refractivity (Wildman–Crippen MR) is 390 cm³/mol. The first kappa shape index (κ1) is 97.4. The van der Waals surface area contributed by atoms with Crippen LogP contribution in [0.4, 0.5) is 0 Å². The Labute approximate surface area is 608 Å². The lowest BCUT2D eigenvalue weighted by Crippen LogP contribution is -2.49. The van der Waals surface area contributed by atoms with Crippen molar-refractivity contribution in [2.75, 3.05) is 244 Å². The summed E-state index contributed by atoms with van der Waals surface area (Å²) in [6.45, 7) is 18.7. The molecule has 0 aromatic rings. The molecule has 11 N–H and O–H groups in total. The Balaban J connectivity index is 0.00000109. The molecule has 598 valence electrons. The van der Waals surface area contributed by atoms with Crippen LogP contribution in [0.1, 0.15) is 77.0 Å². The van der Waals surface area contributed by atoms with Crippen LogP contribution in [-0.2, 0) is 43.0 Å². The van der Waals surface area contributed by atoms with E-state index in [1.165, 1.54) is 19.5 Å². The molecule has 0 amide bonds. The number of likely N-dealkylation sites (tertiary alicyclic amines) is 11. The Morgan fingerprint density at radius 2 is 0.931 bits per heavy atom. The lowest BCUT2D eigenvalue weighted by molar-refractivity contribution is -0.147. The summed E-state index contributed by atoms with van der Waals surface area (Å²) in [5.41, 5.74) is 0. The molecule has 0 aromatic carbocycles. The van der Waals surface area contributed by atoms with Crippen LogP contribution < -0.4 is 0 Å². The second-order valence-corrected chi connectivity index (χ2v) is 28.7. The molecule has 0 radical (unpaired) electrons. The third kappa shape index (κ3) is 43.8. The van der Waals surface area contributed by atoms with Gasteiger partial charge in [0.25, 0.3) is 0 Å². The van der Waals surface area contributed by atoms with Gasteiger partial charge < -0.3 is 99.9 Å². The zero-order chi connectivity index (χ0) is 77.9. The molecule has 33 nitrogen and oxygen atoms in total. The molecule has 10 unspecified atom stereocenters. The Kier molecular flexibility index (Phi) is 51.7. The molecule has 0 aromatic heterocycles. The number of carbonyl (C=O) groups excluding carboxylic acids is 1. The van der Waals surface area contributed by atoms with Crippen molar-refractivity contribution in [2.24, 2.45) is 5.92 Å². The molecular weight excluding hydrogens is 1330 g/mol. The second kappa shape index (κ2) is 54.1. The number of carboxylic acid groups (broad SMARTS) is 6. The maximum Gasteiger partial charge on any atom is 0.324 e. The number of aliphatic carboxylic acids is 6. The van der Waals surface area contributed by atoms with Gasteiger partial charge in [-0.25, -0.2) is 0 Å². The van der Waals surface area contributed by atoms with Gasteiger partial charge in [-0.3, -0.25) is 63.0 Å². The minimum atomic E-state index is -0.937. The minimum absolute atomic E-state index is 0.0324. The van der Waals surface area contributed by atoms with Crippen LogP contribution in [0.2, 0.25) is 0 Å². The van der Waals surface area contributed by atoms with Gasteiger partial charge in [-0.2, -0.15) is 0 Å². The average Bonchev–Trinajstić information content (AvgIpc) is 1.46. The normalized spacial score (nSPS) is 28.4. The van der Waals surface area contributed by atoms with Crippen LogP contribution in [0.25, 0.3) is 0 Å². The number of carboxylic acids is 6. The number of β-amino-alcohol motifs (C(OH)–C–C–N with tert-alkyl or cyclic N) is 3. The van der Waals surface area contributed by atoms with Crippen LogP contribution in [0.3, 0.4) is 0 Å². The van der Waals surface area contributed by atoms with Gasteiger partial charge in [-0.1, -0.05) is 12.2 Å². The number of piperidine rings is 1. The third-order valence-corrected chi connectivity index (χ3v) is 18.9. The van der Waals surface area contributed by atoms with Gasteiger partial charge >= 0.3 is 35.8 Å². The van der Waals surface area contributed by atoms with E-state index in [0.29, 0.717) is 37.8 Å².